The number of hydrogen-bond donors (Lipinski definition) is 3. The van der Waals surface area contributed by atoms with E-state index in [4.69, 9.17) is 26.2 Å². The zero-order chi connectivity index (χ0) is 25.9. The highest BCUT2D eigenvalue weighted by molar-refractivity contribution is 6.30. The Labute approximate surface area is 215 Å². The first kappa shape index (κ1) is 26.3. The molecule has 2 aliphatic rings. The molecule has 1 saturated carbocycles. The maximum absolute atomic E-state index is 12.5. The van der Waals surface area contributed by atoms with Gasteiger partial charge in [-0.05, 0) is 60.9 Å². The molecular formula is C27H32ClNO7. The lowest BCUT2D eigenvalue weighted by atomic mass is 9.79. The van der Waals surface area contributed by atoms with E-state index in [0.29, 0.717) is 29.5 Å². The number of esters is 1. The third-order valence-corrected chi connectivity index (χ3v) is 7.29. The molecule has 0 aromatic heterocycles. The molecule has 36 heavy (non-hydrogen) atoms. The highest BCUT2D eigenvalue weighted by Crippen LogP contribution is 2.48. The second-order valence-corrected chi connectivity index (χ2v) is 9.76. The van der Waals surface area contributed by atoms with E-state index >= 15 is 0 Å². The van der Waals surface area contributed by atoms with Crippen LogP contribution in [0.4, 0.5) is 4.79 Å². The van der Waals surface area contributed by atoms with Crippen molar-refractivity contribution in [2.24, 2.45) is 0 Å². The Kier molecular flexibility index (Phi) is 8.07. The molecule has 3 unspecified atom stereocenters. The van der Waals surface area contributed by atoms with Crippen LogP contribution in [0.5, 0.6) is 11.5 Å². The zero-order valence-corrected chi connectivity index (χ0v) is 21.2. The van der Waals surface area contributed by atoms with Gasteiger partial charge in [0.25, 0.3) is 0 Å². The van der Waals surface area contributed by atoms with Crippen LogP contribution in [0.3, 0.4) is 0 Å². The Hall–Kier alpha value is -2.81. The number of nitrogens with one attached hydrogen (secondary N) is 1. The summed E-state index contributed by atoms with van der Waals surface area (Å²) in [5, 5.41) is 23.6. The van der Waals surface area contributed by atoms with Gasteiger partial charge >= 0.3 is 17.9 Å². The Balaban J connectivity index is 1.47. The normalized spacial score (nSPS) is 23.8. The van der Waals surface area contributed by atoms with Gasteiger partial charge in [0.15, 0.2) is 11.5 Å². The molecule has 1 heterocycles. The van der Waals surface area contributed by atoms with Gasteiger partial charge in [-0.3, -0.25) is 0 Å². The molecule has 1 aliphatic heterocycles. The quantitative estimate of drug-likeness (QED) is 0.317. The number of aliphatic hydroxyl groups excluding tert-OH is 1. The molecule has 194 valence electrons. The summed E-state index contributed by atoms with van der Waals surface area (Å²) in [6.07, 6.45) is 2.38. The Morgan fingerprint density at radius 2 is 2.03 bits per heavy atom. The maximum Gasteiger partial charge on any atom is 0.513 e. The van der Waals surface area contributed by atoms with Gasteiger partial charge in [-0.25, -0.2) is 9.59 Å². The third kappa shape index (κ3) is 5.45. The summed E-state index contributed by atoms with van der Waals surface area (Å²) < 4.78 is 16.2. The van der Waals surface area contributed by atoms with Crippen molar-refractivity contribution in [3.8, 4) is 11.5 Å². The van der Waals surface area contributed by atoms with Crippen molar-refractivity contribution in [2.75, 3.05) is 6.54 Å². The first-order valence-electron chi connectivity index (χ1n) is 12.4. The highest BCUT2D eigenvalue weighted by Gasteiger charge is 2.51. The third-order valence-electron chi connectivity index (χ3n) is 7.06. The van der Waals surface area contributed by atoms with Crippen LogP contribution in [0, 0.1) is 0 Å². The van der Waals surface area contributed by atoms with Crippen LogP contribution in [-0.4, -0.2) is 40.7 Å². The molecule has 1 aliphatic carbocycles. The number of carbonyl (C=O) groups is 2. The first-order chi connectivity index (χ1) is 17.3. The number of halogens is 1. The topological polar surface area (TPSA) is 114 Å². The van der Waals surface area contributed by atoms with Crippen LogP contribution in [0.15, 0.2) is 36.4 Å². The molecule has 0 spiro atoms. The lowest BCUT2D eigenvalue weighted by molar-refractivity contribution is -0.179. The minimum Gasteiger partial charge on any atom is -0.449 e. The fraction of sp³-hybridized carbons (Fsp3) is 0.481. The van der Waals surface area contributed by atoms with Crippen LogP contribution in [0.1, 0.15) is 74.7 Å². The number of fused-ring (bicyclic) bond motifs is 1. The average Bonchev–Trinajstić information content (AvgIpc) is 3.27. The van der Waals surface area contributed by atoms with E-state index in [1.165, 1.54) is 0 Å². The highest BCUT2D eigenvalue weighted by atomic mass is 35.5. The molecule has 0 radical (unpaired) electrons. The van der Waals surface area contributed by atoms with Crippen molar-refractivity contribution in [2.45, 2.75) is 76.2 Å². The monoisotopic (exact) mass is 517 g/mol. The number of benzene rings is 2. The molecular weight excluding hydrogens is 486 g/mol. The molecule has 2 aromatic rings. The van der Waals surface area contributed by atoms with E-state index in [2.05, 4.69) is 10.1 Å². The molecule has 9 heteroatoms. The van der Waals surface area contributed by atoms with Crippen molar-refractivity contribution in [1.29, 1.82) is 0 Å². The van der Waals surface area contributed by atoms with Crippen LogP contribution in [-0.2, 0) is 16.0 Å². The van der Waals surface area contributed by atoms with E-state index < -0.39 is 24.0 Å². The SMILES string of the molecule is CCc1c(C2CCCC(NCC(O)c3cccc(Cl)c3)C2)ccc2c1O[C@](CC)(C(=O)OC(=O)O)O2. The van der Waals surface area contributed by atoms with Crippen LogP contribution in [0.2, 0.25) is 5.02 Å². The predicted octanol–water partition coefficient (Wildman–Crippen LogP) is 5.35. The lowest BCUT2D eigenvalue weighted by Crippen LogP contribution is -2.48. The van der Waals surface area contributed by atoms with E-state index in [0.717, 1.165) is 42.4 Å². The summed E-state index contributed by atoms with van der Waals surface area (Å²) in [4.78, 5) is 23.4. The first-order valence-corrected chi connectivity index (χ1v) is 12.8. The largest absolute Gasteiger partial charge is 0.513 e. The summed E-state index contributed by atoms with van der Waals surface area (Å²) in [5.74, 6) is -1.74. The maximum atomic E-state index is 12.5. The van der Waals surface area contributed by atoms with E-state index in [9.17, 15) is 14.7 Å². The summed E-state index contributed by atoms with van der Waals surface area (Å²) in [5.41, 5.74) is 2.88. The second kappa shape index (κ2) is 11.1. The molecule has 4 rings (SSSR count). The standard InChI is InChI=1S/C27H32ClNO7/c1-3-20-21(11-12-23-24(20)36-27(4-2,35-23)25(31)34-26(32)33)16-7-6-10-19(14-16)29-15-22(30)17-8-5-9-18(28)13-17/h5,8-9,11-13,16,19,22,29-30H,3-4,6-7,10,14-15H2,1-2H3,(H,32,33)/t16?,19?,22?,27-/m1/s1. The summed E-state index contributed by atoms with van der Waals surface area (Å²) in [7, 11) is 0. The lowest BCUT2D eigenvalue weighted by Gasteiger charge is -2.32. The second-order valence-electron chi connectivity index (χ2n) is 9.32. The molecule has 0 amide bonds. The van der Waals surface area contributed by atoms with E-state index in [-0.39, 0.29) is 18.4 Å². The average molecular weight is 518 g/mol. The van der Waals surface area contributed by atoms with Crippen molar-refractivity contribution >= 4 is 23.7 Å². The Morgan fingerprint density at radius 3 is 2.72 bits per heavy atom. The minimum absolute atomic E-state index is 0.0939. The number of aliphatic hydroxyl groups is 1. The van der Waals surface area contributed by atoms with Crippen molar-refractivity contribution in [1.82, 2.24) is 5.32 Å². The number of carboxylic acid groups (broad SMARTS) is 1. The molecule has 0 saturated heterocycles. The molecule has 0 bridgehead atoms. The number of rotatable bonds is 8. The van der Waals surface area contributed by atoms with Gasteiger partial charge in [0.05, 0.1) is 6.10 Å². The van der Waals surface area contributed by atoms with Gasteiger partial charge in [0.1, 0.15) is 0 Å². The summed E-state index contributed by atoms with van der Waals surface area (Å²) >= 11 is 6.06. The van der Waals surface area contributed by atoms with Gasteiger partial charge in [0, 0.05) is 29.6 Å². The number of hydrogen-bond acceptors (Lipinski definition) is 7. The van der Waals surface area contributed by atoms with Crippen LogP contribution in [0.25, 0.3) is 0 Å². The van der Waals surface area contributed by atoms with Gasteiger partial charge < -0.3 is 29.7 Å². The molecule has 8 nitrogen and oxygen atoms in total. The van der Waals surface area contributed by atoms with Gasteiger partial charge in [0.2, 0.25) is 0 Å². The van der Waals surface area contributed by atoms with Gasteiger partial charge in [-0.1, -0.05) is 50.1 Å². The molecule has 4 atom stereocenters. The fourth-order valence-corrected chi connectivity index (χ4v) is 5.42. The van der Waals surface area contributed by atoms with Crippen molar-refractivity contribution < 1.29 is 34.0 Å². The number of ether oxygens (including phenoxy) is 3. The van der Waals surface area contributed by atoms with Crippen LogP contribution < -0.4 is 14.8 Å². The Bertz CT molecular complexity index is 1120. The summed E-state index contributed by atoms with van der Waals surface area (Å²) in [6, 6.07) is 11.3. The predicted molar refractivity (Wildman–Crippen MR) is 134 cm³/mol. The number of carbonyl (C=O) groups excluding carboxylic acids is 1. The Morgan fingerprint density at radius 1 is 1.22 bits per heavy atom. The van der Waals surface area contributed by atoms with Crippen molar-refractivity contribution in [3.63, 3.8) is 0 Å². The molecule has 3 N–H and O–H groups in total. The van der Waals surface area contributed by atoms with Crippen LogP contribution >= 0.6 is 11.6 Å². The van der Waals surface area contributed by atoms with Crippen molar-refractivity contribution in [3.05, 3.63) is 58.1 Å². The zero-order valence-electron chi connectivity index (χ0n) is 20.5. The van der Waals surface area contributed by atoms with Gasteiger partial charge in [-0.15, -0.1) is 0 Å². The fourth-order valence-electron chi connectivity index (χ4n) is 5.22. The van der Waals surface area contributed by atoms with E-state index in [1.54, 1.807) is 25.1 Å². The summed E-state index contributed by atoms with van der Waals surface area (Å²) in [6.45, 7) is 4.13. The minimum atomic E-state index is -1.81. The van der Waals surface area contributed by atoms with Gasteiger partial charge in [-0.2, -0.15) is 0 Å². The smallest absolute Gasteiger partial charge is 0.449 e. The molecule has 1 fully saturated rings. The molecule has 2 aromatic carbocycles. The van der Waals surface area contributed by atoms with E-state index in [1.807, 2.05) is 25.1 Å².